The largest absolute Gasteiger partial charge is 0.461 e. The highest BCUT2D eigenvalue weighted by Gasteiger charge is 2.20. The van der Waals surface area contributed by atoms with Crippen LogP contribution in [0.3, 0.4) is 0 Å². The molecule has 5 rings (SSSR count). The fraction of sp³-hybridized carbons (Fsp3) is 0.167. The van der Waals surface area contributed by atoms with E-state index in [4.69, 9.17) is 9.40 Å². The van der Waals surface area contributed by atoms with E-state index in [0.29, 0.717) is 16.7 Å². The van der Waals surface area contributed by atoms with E-state index in [1.165, 1.54) is 22.0 Å². The topological polar surface area (TPSA) is 85.8 Å². The summed E-state index contributed by atoms with van der Waals surface area (Å²) in [6.45, 7) is 3.93. The molecule has 0 saturated carbocycles. The van der Waals surface area contributed by atoms with Gasteiger partial charge in [-0.2, -0.15) is 0 Å². The van der Waals surface area contributed by atoms with E-state index >= 15 is 0 Å². The first kappa shape index (κ1) is 21.4. The number of hydrogen-bond acceptors (Lipinski definition) is 7. The van der Waals surface area contributed by atoms with Gasteiger partial charge in [0.05, 0.1) is 21.7 Å². The predicted molar refractivity (Wildman–Crippen MR) is 132 cm³/mol. The summed E-state index contributed by atoms with van der Waals surface area (Å²) in [5.74, 6) is 1.15. The van der Waals surface area contributed by atoms with Crippen LogP contribution in [-0.2, 0) is 11.8 Å². The third-order valence-electron chi connectivity index (χ3n) is 5.17. The second kappa shape index (κ2) is 8.84. The SMILES string of the molecule is Cc1ccc2nc(-c3ccc(NC(=O)C(C)Sc4nnc(-c5ccco5)n4C)cc3)sc2c1. The smallest absolute Gasteiger partial charge is 0.237 e. The molecule has 1 amide bonds. The van der Waals surface area contributed by atoms with E-state index in [-0.39, 0.29) is 11.2 Å². The molecule has 166 valence electrons. The Bertz CT molecular complexity index is 1420. The van der Waals surface area contributed by atoms with Gasteiger partial charge in [0.1, 0.15) is 5.01 Å². The van der Waals surface area contributed by atoms with Gasteiger partial charge in [0.25, 0.3) is 0 Å². The molecule has 5 aromatic rings. The lowest BCUT2D eigenvalue weighted by Crippen LogP contribution is -2.22. The highest BCUT2D eigenvalue weighted by atomic mass is 32.2. The maximum absolute atomic E-state index is 12.7. The lowest BCUT2D eigenvalue weighted by atomic mass is 10.2. The average Bonchev–Trinajstić information content (AvgIpc) is 3.55. The van der Waals surface area contributed by atoms with Crippen LogP contribution in [0.2, 0.25) is 0 Å². The molecule has 1 N–H and O–H groups in total. The van der Waals surface area contributed by atoms with Crippen LogP contribution in [0.25, 0.3) is 32.4 Å². The van der Waals surface area contributed by atoms with E-state index in [0.717, 1.165) is 21.8 Å². The second-order valence-corrected chi connectivity index (χ2v) is 10.00. The standard InChI is InChI=1S/C24H21N5O2S2/c1-14-6-11-18-20(13-14)33-23(26-18)16-7-9-17(10-8-16)25-22(30)15(2)32-24-28-27-21(29(24)3)19-5-4-12-31-19/h4-13,15H,1-3H3,(H,25,30). The van der Waals surface area contributed by atoms with Crippen LogP contribution in [0.1, 0.15) is 12.5 Å². The van der Waals surface area contributed by atoms with Gasteiger partial charge in [0, 0.05) is 18.3 Å². The van der Waals surface area contributed by atoms with Crippen LogP contribution in [0.4, 0.5) is 5.69 Å². The summed E-state index contributed by atoms with van der Waals surface area (Å²) in [4.78, 5) is 17.5. The van der Waals surface area contributed by atoms with Gasteiger partial charge in [0.2, 0.25) is 5.91 Å². The molecular formula is C24H21N5O2S2. The summed E-state index contributed by atoms with van der Waals surface area (Å²) in [5.41, 5.74) is 3.99. The molecule has 0 aliphatic heterocycles. The van der Waals surface area contributed by atoms with Crippen molar-refractivity contribution >= 4 is 44.9 Å². The Balaban J connectivity index is 1.25. The van der Waals surface area contributed by atoms with Crippen LogP contribution >= 0.6 is 23.1 Å². The number of nitrogens with zero attached hydrogens (tertiary/aromatic N) is 4. The quantitative estimate of drug-likeness (QED) is 0.313. The van der Waals surface area contributed by atoms with Crippen LogP contribution in [0.5, 0.6) is 0 Å². The van der Waals surface area contributed by atoms with E-state index < -0.39 is 0 Å². The van der Waals surface area contributed by atoms with Gasteiger partial charge in [-0.3, -0.25) is 4.79 Å². The second-order valence-electron chi connectivity index (χ2n) is 7.66. The number of carbonyl (C=O) groups excluding carboxylic acids is 1. The van der Waals surface area contributed by atoms with Crippen molar-refractivity contribution in [2.75, 3.05) is 5.32 Å². The molecule has 0 spiro atoms. The lowest BCUT2D eigenvalue weighted by Gasteiger charge is -2.12. The summed E-state index contributed by atoms with van der Waals surface area (Å²) in [5, 5.41) is 12.6. The monoisotopic (exact) mass is 475 g/mol. The molecule has 0 aliphatic rings. The van der Waals surface area contributed by atoms with Gasteiger partial charge >= 0.3 is 0 Å². The zero-order chi connectivity index (χ0) is 22.9. The minimum atomic E-state index is -0.357. The number of thioether (sulfide) groups is 1. The third kappa shape index (κ3) is 4.42. The number of nitrogens with one attached hydrogen (secondary N) is 1. The molecule has 3 aromatic heterocycles. The van der Waals surface area contributed by atoms with Crippen LogP contribution < -0.4 is 5.32 Å². The molecule has 0 bridgehead atoms. The van der Waals surface area contributed by atoms with E-state index in [1.807, 2.05) is 54.9 Å². The first-order valence-electron chi connectivity index (χ1n) is 10.4. The Kier molecular flexibility index (Phi) is 5.74. The van der Waals surface area contributed by atoms with Crippen LogP contribution in [0, 0.1) is 6.92 Å². The minimum Gasteiger partial charge on any atom is -0.461 e. The number of amides is 1. The van der Waals surface area contributed by atoms with E-state index in [2.05, 4.69) is 34.6 Å². The van der Waals surface area contributed by atoms with Crippen molar-refractivity contribution in [1.82, 2.24) is 19.7 Å². The number of hydrogen-bond donors (Lipinski definition) is 1. The van der Waals surface area contributed by atoms with Crippen molar-refractivity contribution in [1.29, 1.82) is 0 Å². The van der Waals surface area contributed by atoms with Gasteiger partial charge in [-0.25, -0.2) is 4.98 Å². The first-order chi connectivity index (χ1) is 16.0. The molecule has 1 atom stereocenters. The Morgan fingerprint density at radius 1 is 1.15 bits per heavy atom. The maximum atomic E-state index is 12.7. The Hall–Kier alpha value is -3.43. The predicted octanol–water partition coefficient (Wildman–Crippen LogP) is 5.78. The molecule has 33 heavy (non-hydrogen) atoms. The van der Waals surface area contributed by atoms with E-state index in [1.54, 1.807) is 23.7 Å². The molecule has 0 aliphatic carbocycles. The summed E-state index contributed by atoms with van der Waals surface area (Å²) in [7, 11) is 1.85. The number of aromatic nitrogens is 4. The first-order valence-corrected chi connectivity index (χ1v) is 12.1. The normalized spacial score (nSPS) is 12.2. The molecule has 0 fully saturated rings. The number of rotatable bonds is 6. The molecule has 7 nitrogen and oxygen atoms in total. The van der Waals surface area contributed by atoms with Gasteiger partial charge in [-0.15, -0.1) is 21.5 Å². The molecule has 0 radical (unpaired) electrons. The highest BCUT2D eigenvalue weighted by molar-refractivity contribution is 8.00. The van der Waals surface area contributed by atoms with Crippen molar-refractivity contribution in [2.45, 2.75) is 24.3 Å². The van der Waals surface area contributed by atoms with Gasteiger partial charge in [-0.05, 0) is 67.9 Å². The summed E-state index contributed by atoms with van der Waals surface area (Å²) in [6.07, 6.45) is 1.59. The number of anilines is 1. The minimum absolute atomic E-state index is 0.106. The molecule has 3 heterocycles. The summed E-state index contributed by atoms with van der Waals surface area (Å²) >= 11 is 3.02. The highest BCUT2D eigenvalue weighted by Crippen LogP contribution is 2.32. The van der Waals surface area contributed by atoms with Crippen molar-refractivity contribution < 1.29 is 9.21 Å². The zero-order valence-electron chi connectivity index (χ0n) is 18.3. The summed E-state index contributed by atoms with van der Waals surface area (Å²) < 4.78 is 8.39. The third-order valence-corrected chi connectivity index (χ3v) is 7.37. The van der Waals surface area contributed by atoms with Gasteiger partial charge in [0.15, 0.2) is 16.7 Å². The van der Waals surface area contributed by atoms with Gasteiger partial charge in [-0.1, -0.05) is 17.8 Å². The fourth-order valence-corrected chi connectivity index (χ4v) is 5.23. The van der Waals surface area contributed by atoms with Crippen LogP contribution in [-0.4, -0.2) is 30.9 Å². The number of thiazole rings is 1. The number of fused-ring (bicyclic) bond motifs is 1. The van der Waals surface area contributed by atoms with Crippen molar-refractivity contribution in [3.63, 3.8) is 0 Å². The Morgan fingerprint density at radius 3 is 2.73 bits per heavy atom. The Morgan fingerprint density at radius 2 is 1.97 bits per heavy atom. The molecule has 9 heteroatoms. The van der Waals surface area contributed by atoms with Crippen molar-refractivity contribution in [3.8, 4) is 22.2 Å². The zero-order valence-corrected chi connectivity index (χ0v) is 19.9. The van der Waals surface area contributed by atoms with Gasteiger partial charge < -0.3 is 14.3 Å². The van der Waals surface area contributed by atoms with Crippen molar-refractivity contribution in [3.05, 3.63) is 66.4 Å². The molecule has 2 aromatic carbocycles. The molecular weight excluding hydrogens is 454 g/mol. The molecule has 1 unspecified atom stereocenters. The summed E-state index contributed by atoms with van der Waals surface area (Å²) in [6, 6.07) is 17.7. The van der Waals surface area contributed by atoms with E-state index in [9.17, 15) is 4.79 Å². The lowest BCUT2D eigenvalue weighted by molar-refractivity contribution is -0.115. The number of carbonyl (C=O) groups is 1. The fourth-order valence-electron chi connectivity index (χ4n) is 3.34. The number of furan rings is 1. The van der Waals surface area contributed by atoms with Crippen molar-refractivity contribution in [2.24, 2.45) is 7.05 Å². The average molecular weight is 476 g/mol. The maximum Gasteiger partial charge on any atom is 0.237 e. The van der Waals surface area contributed by atoms with Crippen LogP contribution in [0.15, 0.2) is 70.4 Å². The number of aryl methyl sites for hydroxylation is 1. The number of benzene rings is 2. The molecule has 0 saturated heterocycles. The Labute approximate surface area is 198 Å².